The highest BCUT2D eigenvalue weighted by atomic mass is 32.2. The molecule has 4 rings (SSSR count). The number of fused-ring (bicyclic) bond motifs is 1. The highest BCUT2D eigenvalue weighted by molar-refractivity contribution is 7.74. The molecule has 0 saturated carbocycles. The van der Waals surface area contributed by atoms with Gasteiger partial charge in [-0.2, -0.15) is 18.4 Å². The number of nitrogens with one attached hydrogen (secondary N) is 1. The number of hydroxylamine groups is 1. The van der Waals surface area contributed by atoms with E-state index >= 15 is 4.39 Å². The molecule has 0 bridgehead atoms. The Morgan fingerprint density at radius 2 is 1.76 bits per heavy atom. The molecule has 1 aromatic carbocycles. The Morgan fingerprint density at radius 3 is 2.38 bits per heavy atom. The number of aliphatic carboxylic acids is 1. The topological polar surface area (TPSA) is 264 Å². The number of halogens is 2. The maximum atomic E-state index is 15.1. The number of carboxylic acids is 1. The molecule has 1 unspecified atom stereocenters. The molecule has 8 N–H and O–H groups in total. The monoisotopic (exact) mass is 629 g/mol. The summed E-state index contributed by atoms with van der Waals surface area (Å²) in [5, 5.41) is 61.0. The standard InChI is InChI=1S/C22H25F2NO16S/c1-5-2-9(27)37-16-6(5)3-7(23)17(10(16)24)38-22-15(31)14(30)18(19(40-22)20(32)33)39-21-11(25-41-42(34)35)13(29)12(28)8(4-26)36-21/h2-3,8,11-15,18-19,21-22,25-26,28-31H,4H2,1H3,(H,32,33)(H,34,35)/t8-,11-,12-,13-,14-,15-,18+,19+,21-,22-/m1/s1. The number of hydrogen-bond donors (Lipinski definition) is 8. The predicted molar refractivity (Wildman–Crippen MR) is 127 cm³/mol. The zero-order chi connectivity index (χ0) is 31.0. The van der Waals surface area contributed by atoms with Crippen LogP contribution in [-0.2, 0) is 34.7 Å². The van der Waals surface area contributed by atoms with E-state index in [4.69, 9.17) is 27.9 Å². The van der Waals surface area contributed by atoms with Crippen LogP contribution < -0.4 is 15.8 Å². The first-order chi connectivity index (χ1) is 19.7. The number of benzene rings is 1. The highest BCUT2D eigenvalue weighted by Gasteiger charge is 2.54. The van der Waals surface area contributed by atoms with E-state index in [1.807, 2.05) is 5.48 Å². The molecule has 20 heteroatoms. The highest BCUT2D eigenvalue weighted by Crippen LogP contribution is 2.35. The van der Waals surface area contributed by atoms with Gasteiger partial charge in [-0.15, -0.1) is 0 Å². The van der Waals surface area contributed by atoms with E-state index in [0.29, 0.717) is 0 Å². The summed E-state index contributed by atoms with van der Waals surface area (Å²) in [5.74, 6) is -5.99. The Hall–Kier alpha value is -2.73. The zero-order valence-corrected chi connectivity index (χ0v) is 21.9. The SMILES string of the molecule is Cc1cc(=O)oc2c(F)c(O[C@@H]3O[C@H](C(=O)O)[C@@H](O[C@H]4O[C@H](CO)[C@@H](O)[C@H](O)[C@H]4NOS(=O)O)[C@H](O)[C@H]3O)c(F)cc12. The Labute approximate surface area is 235 Å². The van der Waals surface area contributed by atoms with Crippen LogP contribution >= 0.6 is 0 Å². The lowest BCUT2D eigenvalue weighted by Gasteiger charge is -2.46. The van der Waals surface area contributed by atoms with E-state index in [0.717, 1.165) is 12.1 Å². The van der Waals surface area contributed by atoms with Gasteiger partial charge < -0.3 is 54.0 Å². The average Bonchev–Trinajstić information content (AvgIpc) is 2.92. The molecule has 17 nitrogen and oxygen atoms in total. The fraction of sp³-hybridized carbons (Fsp3) is 0.545. The summed E-state index contributed by atoms with van der Waals surface area (Å²) >= 11 is -2.97. The van der Waals surface area contributed by atoms with Crippen molar-refractivity contribution in [1.29, 1.82) is 0 Å². The number of aliphatic hydroxyl groups is 5. The number of aliphatic hydroxyl groups excluding tert-OH is 5. The molecule has 11 atom stereocenters. The Bertz CT molecular complexity index is 1390. The molecule has 2 aliphatic heterocycles. The van der Waals surface area contributed by atoms with Crippen molar-refractivity contribution < 1.29 is 80.6 Å². The van der Waals surface area contributed by atoms with Crippen LogP contribution in [0.25, 0.3) is 11.0 Å². The van der Waals surface area contributed by atoms with Crippen LogP contribution in [0.15, 0.2) is 21.3 Å². The number of rotatable bonds is 9. The second-order valence-corrected chi connectivity index (χ2v) is 9.84. The quantitative estimate of drug-likeness (QED) is 0.0787. The minimum Gasteiger partial charge on any atom is -0.479 e. The molecule has 2 aromatic rings. The number of aryl methyl sites for hydroxylation is 1. The van der Waals surface area contributed by atoms with Gasteiger partial charge in [0, 0.05) is 11.5 Å². The van der Waals surface area contributed by atoms with Crippen LogP contribution in [0.1, 0.15) is 5.56 Å². The van der Waals surface area contributed by atoms with Gasteiger partial charge in [-0.3, -0.25) is 4.55 Å². The number of hydrogen-bond acceptors (Lipinski definition) is 15. The van der Waals surface area contributed by atoms with Crippen molar-refractivity contribution in [2.75, 3.05) is 6.61 Å². The van der Waals surface area contributed by atoms with Crippen molar-refractivity contribution in [3.05, 3.63) is 39.8 Å². The molecule has 0 aliphatic carbocycles. The van der Waals surface area contributed by atoms with Crippen LogP contribution in [0.3, 0.4) is 0 Å². The lowest BCUT2D eigenvalue weighted by atomic mass is 9.96. The second-order valence-electron chi connectivity index (χ2n) is 9.24. The molecule has 234 valence electrons. The van der Waals surface area contributed by atoms with Crippen LogP contribution in [0, 0.1) is 18.6 Å². The molecule has 1 aromatic heterocycles. The zero-order valence-electron chi connectivity index (χ0n) is 21.1. The molecule has 2 saturated heterocycles. The Kier molecular flexibility index (Phi) is 9.86. The van der Waals surface area contributed by atoms with Crippen molar-refractivity contribution >= 4 is 28.3 Å². The Morgan fingerprint density at radius 1 is 1.07 bits per heavy atom. The Balaban J connectivity index is 1.61. The first-order valence-corrected chi connectivity index (χ1v) is 12.9. The van der Waals surface area contributed by atoms with E-state index in [2.05, 4.69) is 4.28 Å². The smallest absolute Gasteiger partial charge is 0.336 e. The second kappa shape index (κ2) is 12.9. The normalized spacial score (nSPS) is 34.3. The number of ether oxygens (including phenoxy) is 4. The summed E-state index contributed by atoms with van der Waals surface area (Å²) in [6, 6.07) is -0.0204. The molecule has 2 aliphatic rings. The van der Waals surface area contributed by atoms with E-state index < -0.39 is 114 Å². The molecule has 3 heterocycles. The molecule has 0 spiro atoms. The molecule has 2 fully saturated rings. The van der Waals surface area contributed by atoms with E-state index in [1.54, 1.807) is 0 Å². The molecule has 0 amide bonds. The van der Waals surface area contributed by atoms with E-state index in [9.17, 15) is 48.8 Å². The lowest BCUT2D eigenvalue weighted by molar-refractivity contribution is -0.336. The first kappa shape index (κ1) is 32.2. The minimum atomic E-state index is -2.97. The van der Waals surface area contributed by atoms with Gasteiger partial charge >= 0.3 is 23.0 Å². The van der Waals surface area contributed by atoms with Crippen molar-refractivity contribution in [3.63, 3.8) is 0 Å². The van der Waals surface area contributed by atoms with Crippen molar-refractivity contribution in [1.82, 2.24) is 5.48 Å². The van der Waals surface area contributed by atoms with Gasteiger partial charge in [0.2, 0.25) is 12.1 Å². The third kappa shape index (κ3) is 6.29. The van der Waals surface area contributed by atoms with E-state index in [-0.39, 0.29) is 10.9 Å². The van der Waals surface area contributed by atoms with Gasteiger partial charge in [0.05, 0.1) is 6.61 Å². The van der Waals surface area contributed by atoms with Gasteiger partial charge in [0.1, 0.15) is 42.7 Å². The van der Waals surface area contributed by atoms with Crippen LogP contribution in [0.2, 0.25) is 0 Å². The molecular formula is C22H25F2NO16S. The maximum Gasteiger partial charge on any atom is 0.336 e. The van der Waals surface area contributed by atoms with E-state index in [1.165, 1.54) is 6.92 Å². The number of carboxylic acid groups (broad SMARTS) is 1. The maximum absolute atomic E-state index is 15.1. The fourth-order valence-corrected chi connectivity index (χ4v) is 4.64. The van der Waals surface area contributed by atoms with Crippen molar-refractivity contribution in [3.8, 4) is 5.75 Å². The fourth-order valence-electron chi connectivity index (χ4n) is 4.45. The minimum absolute atomic E-state index is 0.128. The molecule has 0 radical (unpaired) electrons. The summed E-state index contributed by atoms with van der Waals surface area (Å²) in [5.41, 5.74) is 0.348. The van der Waals surface area contributed by atoms with Gasteiger partial charge in [-0.05, 0) is 18.6 Å². The summed E-state index contributed by atoms with van der Waals surface area (Å²) in [6.07, 6.45) is -18.4. The largest absolute Gasteiger partial charge is 0.479 e. The third-order valence-electron chi connectivity index (χ3n) is 6.54. The number of carbonyl (C=O) groups is 1. The lowest BCUT2D eigenvalue weighted by Crippen LogP contribution is -2.67. The molecular weight excluding hydrogens is 604 g/mol. The van der Waals surface area contributed by atoms with Crippen LogP contribution in [0.5, 0.6) is 5.75 Å². The first-order valence-electron chi connectivity index (χ1n) is 11.9. The van der Waals surface area contributed by atoms with Gasteiger partial charge in [-0.25, -0.2) is 14.0 Å². The van der Waals surface area contributed by atoms with Gasteiger partial charge in [0.15, 0.2) is 29.5 Å². The molecule has 42 heavy (non-hydrogen) atoms. The summed E-state index contributed by atoms with van der Waals surface area (Å²) < 4.78 is 79.7. The van der Waals surface area contributed by atoms with Gasteiger partial charge in [-0.1, -0.05) is 0 Å². The van der Waals surface area contributed by atoms with Crippen molar-refractivity contribution in [2.24, 2.45) is 0 Å². The predicted octanol–water partition coefficient (Wildman–Crippen LogP) is -2.86. The van der Waals surface area contributed by atoms with Crippen LogP contribution in [0.4, 0.5) is 8.78 Å². The summed E-state index contributed by atoms with van der Waals surface area (Å²) in [7, 11) is 0. The van der Waals surface area contributed by atoms with Gasteiger partial charge in [0.25, 0.3) is 0 Å². The summed E-state index contributed by atoms with van der Waals surface area (Å²) in [6.45, 7) is 0.485. The third-order valence-corrected chi connectivity index (χ3v) is 6.78. The average molecular weight is 629 g/mol. The van der Waals surface area contributed by atoms with Crippen LogP contribution in [-0.4, -0.2) is 113 Å². The van der Waals surface area contributed by atoms with Crippen molar-refractivity contribution in [2.45, 2.75) is 68.3 Å². The summed E-state index contributed by atoms with van der Waals surface area (Å²) in [4.78, 5) is 23.7.